The van der Waals surface area contributed by atoms with E-state index in [9.17, 15) is 9.59 Å². The number of aliphatic carboxylic acids is 1. The van der Waals surface area contributed by atoms with Crippen LogP contribution in [0.4, 0.5) is 0 Å². The van der Waals surface area contributed by atoms with Gasteiger partial charge in [0.25, 0.3) is 0 Å². The third kappa shape index (κ3) is 4.03. The molecular weight excluding hydrogens is 304 g/mol. The number of nitrogens with zero attached hydrogens (tertiary/aromatic N) is 2. The highest BCUT2D eigenvalue weighted by Gasteiger charge is 2.44. The summed E-state index contributed by atoms with van der Waals surface area (Å²) in [6, 6.07) is 10.1. The van der Waals surface area contributed by atoms with E-state index in [0.717, 1.165) is 38.0 Å². The summed E-state index contributed by atoms with van der Waals surface area (Å²) >= 11 is 0. The van der Waals surface area contributed by atoms with E-state index in [1.54, 1.807) is 0 Å². The van der Waals surface area contributed by atoms with E-state index >= 15 is 0 Å². The van der Waals surface area contributed by atoms with Crippen LogP contribution in [0.25, 0.3) is 6.08 Å². The van der Waals surface area contributed by atoms with Gasteiger partial charge in [0.2, 0.25) is 5.91 Å². The van der Waals surface area contributed by atoms with Crippen LogP contribution in [0.3, 0.4) is 0 Å². The van der Waals surface area contributed by atoms with Crippen molar-refractivity contribution in [3.05, 3.63) is 42.0 Å². The smallest absolute Gasteiger partial charge is 0.317 e. The summed E-state index contributed by atoms with van der Waals surface area (Å²) in [5.41, 5.74) is 1.19. The molecule has 0 saturated carbocycles. The van der Waals surface area contributed by atoms with Crippen LogP contribution in [0.2, 0.25) is 0 Å². The highest BCUT2D eigenvalue weighted by molar-refractivity contribution is 5.79. The zero-order valence-electron chi connectivity index (χ0n) is 13.9. The van der Waals surface area contributed by atoms with Gasteiger partial charge in [-0.3, -0.25) is 14.5 Å². The van der Waals surface area contributed by atoms with Crippen molar-refractivity contribution in [2.75, 3.05) is 32.7 Å². The van der Waals surface area contributed by atoms with E-state index in [1.807, 2.05) is 52.3 Å². The van der Waals surface area contributed by atoms with Crippen LogP contribution in [-0.4, -0.2) is 59.5 Å². The third-order valence-electron chi connectivity index (χ3n) is 5.12. The van der Waals surface area contributed by atoms with E-state index in [1.165, 1.54) is 0 Å². The number of benzene rings is 1. The molecule has 2 saturated heterocycles. The van der Waals surface area contributed by atoms with Gasteiger partial charge in [-0.05, 0) is 36.9 Å². The molecule has 3 rings (SSSR count). The monoisotopic (exact) mass is 328 g/mol. The van der Waals surface area contributed by atoms with Crippen LogP contribution in [0.1, 0.15) is 24.8 Å². The van der Waals surface area contributed by atoms with Gasteiger partial charge in [-0.15, -0.1) is 0 Å². The first kappa shape index (κ1) is 16.7. The van der Waals surface area contributed by atoms with Crippen LogP contribution >= 0.6 is 0 Å². The van der Waals surface area contributed by atoms with Crippen LogP contribution in [0.15, 0.2) is 36.4 Å². The van der Waals surface area contributed by atoms with Crippen molar-refractivity contribution in [3.63, 3.8) is 0 Å². The van der Waals surface area contributed by atoms with E-state index < -0.39 is 5.97 Å². The summed E-state index contributed by atoms with van der Waals surface area (Å²) < 4.78 is 0. The summed E-state index contributed by atoms with van der Waals surface area (Å²) in [5, 5.41) is 8.89. The zero-order valence-corrected chi connectivity index (χ0v) is 13.9. The number of amides is 1. The maximum Gasteiger partial charge on any atom is 0.317 e. The first-order valence-electron chi connectivity index (χ1n) is 8.50. The minimum atomic E-state index is -0.777. The Kier molecular flexibility index (Phi) is 5.00. The number of hydrogen-bond donors (Lipinski definition) is 1. The van der Waals surface area contributed by atoms with Crippen molar-refractivity contribution in [1.82, 2.24) is 9.80 Å². The van der Waals surface area contributed by atoms with Gasteiger partial charge in [0.15, 0.2) is 0 Å². The second-order valence-electron chi connectivity index (χ2n) is 6.93. The Labute approximate surface area is 142 Å². The van der Waals surface area contributed by atoms with Crippen molar-refractivity contribution >= 4 is 18.0 Å². The molecular formula is C19H24N2O3. The van der Waals surface area contributed by atoms with Gasteiger partial charge in [-0.2, -0.15) is 0 Å². The normalized spacial score (nSPS) is 21.0. The molecule has 0 bridgehead atoms. The van der Waals surface area contributed by atoms with Gasteiger partial charge in [0, 0.05) is 19.5 Å². The van der Waals surface area contributed by atoms with Gasteiger partial charge < -0.3 is 10.0 Å². The molecule has 2 heterocycles. The van der Waals surface area contributed by atoms with Crippen LogP contribution in [-0.2, 0) is 9.59 Å². The van der Waals surface area contributed by atoms with Gasteiger partial charge in [-0.1, -0.05) is 42.5 Å². The topological polar surface area (TPSA) is 60.9 Å². The molecule has 5 nitrogen and oxygen atoms in total. The summed E-state index contributed by atoms with van der Waals surface area (Å²) in [4.78, 5) is 27.0. The maximum absolute atomic E-state index is 12.3. The number of carboxylic acid groups (broad SMARTS) is 1. The molecule has 0 unspecified atom stereocenters. The summed E-state index contributed by atoms with van der Waals surface area (Å²) in [6.45, 7) is 3.09. The molecule has 0 radical (unpaired) electrons. The number of hydrogen-bond acceptors (Lipinski definition) is 3. The first-order chi connectivity index (χ1) is 11.6. The standard InChI is InChI=1S/C19H24N2O3/c22-17-13-19(8-11-20(12-9-19)14-18(23)24)15-21(17)10-4-7-16-5-2-1-3-6-16/h1-7H,8-15H2,(H,23,24). The molecule has 24 heavy (non-hydrogen) atoms. The Bertz CT molecular complexity index is 619. The Morgan fingerprint density at radius 3 is 2.58 bits per heavy atom. The molecule has 1 aromatic carbocycles. The average molecular weight is 328 g/mol. The molecule has 1 N–H and O–H groups in total. The Morgan fingerprint density at radius 1 is 1.21 bits per heavy atom. The Morgan fingerprint density at radius 2 is 1.92 bits per heavy atom. The maximum atomic E-state index is 12.3. The quantitative estimate of drug-likeness (QED) is 0.899. The Hall–Kier alpha value is -2.14. The lowest BCUT2D eigenvalue weighted by molar-refractivity contribution is -0.139. The number of carbonyl (C=O) groups excluding carboxylic acids is 1. The fourth-order valence-corrected chi connectivity index (χ4v) is 3.74. The number of carboxylic acids is 1. The fraction of sp³-hybridized carbons (Fsp3) is 0.474. The molecule has 2 fully saturated rings. The lowest BCUT2D eigenvalue weighted by atomic mass is 9.77. The van der Waals surface area contributed by atoms with Gasteiger partial charge in [0.05, 0.1) is 6.54 Å². The molecule has 2 aliphatic rings. The molecule has 1 aromatic rings. The molecule has 1 amide bonds. The van der Waals surface area contributed by atoms with Crippen molar-refractivity contribution in [2.24, 2.45) is 5.41 Å². The van der Waals surface area contributed by atoms with Gasteiger partial charge >= 0.3 is 5.97 Å². The van der Waals surface area contributed by atoms with E-state index in [-0.39, 0.29) is 17.9 Å². The highest BCUT2D eigenvalue weighted by Crippen LogP contribution is 2.40. The molecule has 0 atom stereocenters. The molecule has 2 aliphatic heterocycles. The summed E-state index contributed by atoms with van der Waals surface area (Å²) in [6.07, 6.45) is 6.52. The number of piperidine rings is 1. The van der Waals surface area contributed by atoms with Crippen molar-refractivity contribution in [3.8, 4) is 0 Å². The highest BCUT2D eigenvalue weighted by atomic mass is 16.4. The average Bonchev–Trinajstić information content (AvgIpc) is 2.86. The molecule has 0 aromatic heterocycles. The van der Waals surface area contributed by atoms with E-state index in [4.69, 9.17) is 5.11 Å². The van der Waals surface area contributed by atoms with Gasteiger partial charge in [0.1, 0.15) is 0 Å². The zero-order chi connectivity index (χ0) is 17.0. The van der Waals surface area contributed by atoms with E-state index in [0.29, 0.717) is 13.0 Å². The number of likely N-dealkylation sites (tertiary alicyclic amines) is 2. The molecule has 128 valence electrons. The van der Waals surface area contributed by atoms with E-state index in [2.05, 4.69) is 0 Å². The van der Waals surface area contributed by atoms with Gasteiger partial charge in [-0.25, -0.2) is 0 Å². The predicted molar refractivity (Wildman–Crippen MR) is 92.4 cm³/mol. The minimum Gasteiger partial charge on any atom is -0.480 e. The van der Waals surface area contributed by atoms with Crippen LogP contribution in [0, 0.1) is 5.41 Å². The number of rotatable bonds is 5. The van der Waals surface area contributed by atoms with Crippen LogP contribution < -0.4 is 0 Å². The second-order valence-corrected chi connectivity index (χ2v) is 6.93. The SMILES string of the molecule is O=C(O)CN1CCC2(CC1)CC(=O)N(CC=Cc1ccccc1)C2. The van der Waals surface area contributed by atoms with Crippen LogP contribution in [0.5, 0.6) is 0 Å². The summed E-state index contributed by atoms with van der Waals surface area (Å²) in [5.74, 6) is -0.555. The molecule has 5 heteroatoms. The molecule has 0 aliphatic carbocycles. The lowest BCUT2D eigenvalue weighted by Gasteiger charge is -2.38. The Balaban J connectivity index is 1.52. The largest absolute Gasteiger partial charge is 0.480 e. The summed E-state index contributed by atoms with van der Waals surface area (Å²) in [7, 11) is 0. The third-order valence-corrected chi connectivity index (χ3v) is 5.12. The predicted octanol–water partition coefficient (Wildman–Crippen LogP) is 2.10. The molecule has 1 spiro atoms. The fourth-order valence-electron chi connectivity index (χ4n) is 3.74. The number of carbonyl (C=O) groups is 2. The first-order valence-corrected chi connectivity index (χ1v) is 8.50. The second kappa shape index (κ2) is 7.18. The van der Waals surface area contributed by atoms with Crippen molar-refractivity contribution in [1.29, 1.82) is 0 Å². The lowest BCUT2D eigenvalue weighted by Crippen LogP contribution is -2.43. The van der Waals surface area contributed by atoms with Crippen molar-refractivity contribution < 1.29 is 14.7 Å². The van der Waals surface area contributed by atoms with Crippen molar-refractivity contribution in [2.45, 2.75) is 19.3 Å². The minimum absolute atomic E-state index is 0.0483.